The van der Waals surface area contributed by atoms with Gasteiger partial charge in [0.25, 0.3) is 0 Å². The Morgan fingerprint density at radius 1 is 0.368 bits per heavy atom. The van der Waals surface area contributed by atoms with Crippen molar-refractivity contribution in [2.45, 2.75) is 93.9 Å². The lowest BCUT2D eigenvalue weighted by Crippen LogP contribution is -2.33. The van der Waals surface area contributed by atoms with Crippen LogP contribution < -0.4 is 0 Å². The first-order valence-corrected chi connectivity index (χ1v) is 10.9. The van der Waals surface area contributed by atoms with Gasteiger partial charge in [0.15, 0.2) is 0 Å². The standard InChI is InChI=1S/C15H15F18O4P/c16-10(17,18)1-7(2-11(19,20)21)35-38(34,36-8(3-12(22,23)24)4-13(25,26)27)37-9(5-14(28,29)30)6-15(31,32)33/h7-9H,1-6H2. The van der Waals surface area contributed by atoms with Crippen molar-refractivity contribution in [3.8, 4) is 0 Å². The van der Waals surface area contributed by atoms with Crippen molar-refractivity contribution < 1.29 is 97.2 Å². The Kier molecular flexibility index (Phi) is 12.2. The van der Waals surface area contributed by atoms with Crippen molar-refractivity contribution in [3.05, 3.63) is 0 Å². The summed E-state index contributed by atoms with van der Waals surface area (Å²) in [5.74, 6) is 0. The highest BCUT2D eigenvalue weighted by Gasteiger charge is 2.50. The summed E-state index contributed by atoms with van der Waals surface area (Å²) in [6.07, 6.45) is -61.9. The van der Waals surface area contributed by atoms with E-state index in [1.165, 1.54) is 0 Å². The molecule has 0 radical (unpaired) electrons. The predicted molar refractivity (Wildman–Crippen MR) is 86.3 cm³/mol. The fourth-order valence-corrected chi connectivity index (χ4v) is 4.30. The summed E-state index contributed by atoms with van der Waals surface area (Å²) in [5.41, 5.74) is 0. The Labute approximate surface area is 200 Å². The maximum Gasteiger partial charge on any atom is 0.475 e. The van der Waals surface area contributed by atoms with E-state index in [1.54, 1.807) is 0 Å². The average Bonchev–Trinajstić information content (AvgIpc) is 2.42. The van der Waals surface area contributed by atoms with Crippen LogP contribution in [-0.4, -0.2) is 55.4 Å². The lowest BCUT2D eigenvalue weighted by Gasteiger charge is -2.31. The third-order valence-electron chi connectivity index (χ3n) is 3.59. The number of halogens is 18. The molecule has 0 bridgehead atoms. The first-order valence-electron chi connectivity index (χ1n) is 9.41. The molecule has 230 valence electrons. The molecule has 0 aliphatic heterocycles. The lowest BCUT2D eigenvalue weighted by molar-refractivity contribution is -0.196. The van der Waals surface area contributed by atoms with Crippen molar-refractivity contribution in [1.82, 2.24) is 0 Å². The van der Waals surface area contributed by atoms with E-state index in [0.29, 0.717) is 0 Å². The van der Waals surface area contributed by atoms with Crippen LogP contribution in [-0.2, 0) is 18.1 Å². The molecule has 0 spiro atoms. The van der Waals surface area contributed by atoms with Crippen LogP contribution in [0.4, 0.5) is 79.0 Å². The van der Waals surface area contributed by atoms with Crippen LogP contribution in [0, 0.1) is 0 Å². The molecule has 0 aromatic carbocycles. The minimum absolute atomic E-state index is 2.82. The number of alkyl halides is 18. The normalized spacial score (nSPS) is 15.3. The maximum absolute atomic E-state index is 12.7. The van der Waals surface area contributed by atoms with E-state index in [1.807, 2.05) is 0 Å². The molecule has 0 aliphatic rings. The fraction of sp³-hybridized carbons (Fsp3) is 1.00. The number of hydrogen-bond donors (Lipinski definition) is 0. The van der Waals surface area contributed by atoms with Gasteiger partial charge in [-0.15, -0.1) is 0 Å². The van der Waals surface area contributed by atoms with Crippen molar-refractivity contribution in [1.29, 1.82) is 0 Å². The number of phosphoric ester groups is 1. The van der Waals surface area contributed by atoms with Gasteiger partial charge in [0.05, 0.1) is 56.8 Å². The summed E-state index contributed by atoms with van der Waals surface area (Å²) in [4.78, 5) is 0. The maximum atomic E-state index is 12.7. The second-order valence-electron chi connectivity index (χ2n) is 7.55. The van der Waals surface area contributed by atoms with E-state index in [-0.39, 0.29) is 0 Å². The van der Waals surface area contributed by atoms with Crippen LogP contribution in [0.1, 0.15) is 38.5 Å². The van der Waals surface area contributed by atoms with Gasteiger partial charge >= 0.3 is 44.9 Å². The SMILES string of the molecule is O=P(OC(CC(F)(F)F)CC(F)(F)F)(OC(CC(F)(F)F)CC(F)(F)F)OC(CC(F)(F)F)CC(F)(F)F. The van der Waals surface area contributed by atoms with Crippen LogP contribution in [0.3, 0.4) is 0 Å². The zero-order valence-corrected chi connectivity index (χ0v) is 18.8. The molecule has 0 heterocycles. The van der Waals surface area contributed by atoms with Crippen molar-refractivity contribution in [2.24, 2.45) is 0 Å². The Morgan fingerprint density at radius 2 is 0.500 bits per heavy atom. The highest BCUT2D eigenvalue weighted by Crippen LogP contribution is 2.57. The predicted octanol–water partition coefficient (Wildman–Crippen LogP) is 8.96. The van der Waals surface area contributed by atoms with E-state index in [4.69, 9.17) is 0 Å². The summed E-state index contributed by atoms with van der Waals surface area (Å²) in [7, 11) is -6.90. The smallest absolute Gasteiger partial charge is 0.283 e. The second-order valence-corrected chi connectivity index (χ2v) is 9.07. The van der Waals surface area contributed by atoms with Crippen LogP contribution >= 0.6 is 7.82 Å². The van der Waals surface area contributed by atoms with Gasteiger partial charge in [0, 0.05) is 0 Å². The fourth-order valence-electron chi connectivity index (χ4n) is 2.61. The molecular formula is C15H15F18O4P. The summed E-state index contributed by atoms with van der Waals surface area (Å²) in [6.45, 7) is 0. The Morgan fingerprint density at radius 3 is 0.605 bits per heavy atom. The topological polar surface area (TPSA) is 44.8 Å². The van der Waals surface area contributed by atoms with Crippen LogP contribution in [0.25, 0.3) is 0 Å². The van der Waals surface area contributed by atoms with Crippen LogP contribution in [0.2, 0.25) is 0 Å². The number of hydrogen-bond acceptors (Lipinski definition) is 4. The molecule has 4 nitrogen and oxygen atoms in total. The van der Waals surface area contributed by atoms with E-state index in [0.717, 1.165) is 0 Å². The Hall–Kier alpha value is -1.15. The summed E-state index contributed by atoms with van der Waals surface area (Å²) in [6, 6.07) is 0. The molecule has 38 heavy (non-hydrogen) atoms. The van der Waals surface area contributed by atoms with Gasteiger partial charge < -0.3 is 0 Å². The monoisotopic (exact) mass is 632 g/mol. The summed E-state index contributed by atoms with van der Waals surface area (Å²) < 4.78 is 252. The summed E-state index contributed by atoms with van der Waals surface area (Å²) in [5, 5.41) is 0. The third-order valence-corrected chi connectivity index (χ3v) is 5.26. The lowest BCUT2D eigenvalue weighted by atomic mass is 10.2. The van der Waals surface area contributed by atoms with Gasteiger partial charge in [-0.25, -0.2) is 4.57 Å². The second kappa shape index (κ2) is 12.6. The van der Waals surface area contributed by atoms with Crippen LogP contribution in [0.15, 0.2) is 0 Å². The zero-order chi connectivity index (χ0) is 30.6. The Bertz CT molecular complexity index is 615. The molecule has 0 aromatic rings. The molecule has 23 heteroatoms. The van der Waals surface area contributed by atoms with E-state index >= 15 is 0 Å². The van der Waals surface area contributed by atoms with Gasteiger partial charge in [-0.2, -0.15) is 79.0 Å². The molecule has 0 amide bonds. The largest absolute Gasteiger partial charge is 0.475 e. The van der Waals surface area contributed by atoms with Gasteiger partial charge in [-0.05, 0) is 0 Å². The molecule has 0 rings (SSSR count). The number of rotatable bonds is 12. The van der Waals surface area contributed by atoms with Gasteiger partial charge in [-0.1, -0.05) is 0 Å². The molecule has 0 atom stereocenters. The average molecular weight is 632 g/mol. The molecule has 0 saturated heterocycles. The van der Waals surface area contributed by atoms with E-state index < -0.39 is 102 Å². The van der Waals surface area contributed by atoms with Crippen LogP contribution in [0.5, 0.6) is 0 Å². The van der Waals surface area contributed by atoms with Crippen molar-refractivity contribution >= 4 is 7.82 Å². The highest BCUT2D eigenvalue weighted by molar-refractivity contribution is 7.48. The minimum Gasteiger partial charge on any atom is -0.283 e. The molecule has 0 unspecified atom stereocenters. The minimum atomic E-state index is -6.90. The molecule has 0 aromatic heterocycles. The molecule has 0 N–H and O–H groups in total. The number of phosphoric acid groups is 1. The first-order chi connectivity index (χ1) is 16.4. The van der Waals surface area contributed by atoms with Gasteiger partial charge in [0.2, 0.25) is 0 Å². The summed E-state index contributed by atoms with van der Waals surface area (Å²) >= 11 is 0. The quantitative estimate of drug-likeness (QED) is 0.159. The molecular weight excluding hydrogens is 617 g/mol. The van der Waals surface area contributed by atoms with Gasteiger partial charge in [-0.3, -0.25) is 13.6 Å². The van der Waals surface area contributed by atoms with Gasteiger partial charge in [0.1, 0.15) is 0 Å². The molecule has 0 fully saturated rings. The molecule has 0 aliphatic carbocycles. The third kappa shape index (κ3) is 20.8. The van der Waals surface area contributed by atoms with Crippen molar-refractivity contribution in [3.63, 3.8) is 0 Å². The zero-order valence-electron chi connectivity index (χ0n) is 17.9. The Balaban J connectivity index is 6.61. The van der Waals surface area contributed by atoms with Crippen molar-refractivity contribution in [2.75, 3.05) is 0 Å². The van der Waals surface area contributed by atoms with E-state index in [2.05, 4.69) is 13.6 Å². The highest BCUT2D eigenvalue weighted by atomic mass is 31.2. The first kappa shape index (κ1) is 36.8. The van der Waals surface area contributed by atoms with E-state index in [9.17, 15) is 83.6 Å². The molecule has 0 saturated carbocycles.